The van der Waals surface area contributed by atoms with Crippen LogP contribution in [0.3, 0.4) is 0 Å². The molecule has 5 heteroatoms. The van der Waals surface area contributed by atoms with Gasteiger partial charge in [-0.25, -0.2) is 0 Å². The minimum absolute atomic E-state index is 0.110. The van der Waals surface area contributed by atoms with Gasteiger partial charge >= 0.3 is 0 Å². The number of hydrogen-bond acceptors (Lipinski definition) is 3. The highest BCUT2D eigenvalue weighted by molar-refractivity contribution is 8.00. The van der Waals surface area contributed by atoms with Crippen molar-refractivity contribution < 1.29 is 9.53 Å². The van der Waals surface area contributed by atoms with Crippen molar-refractivity contribution in [2.45, 2.75) is 24.0 Å². The van der Waals surface area contributed by atoms with Gasteiger partial charge in [0, 0.05) is 9.92 Å². The Morgan fingerprint density at radius 1 is 1.04 bits per heavy atom. The van der Waals surface area contributed by atoms with Gasteiger partial charge in [0.15, 0.2) is 5.75 Å². The smallest absolute Gasteiger partial charge is 0.237 e. The van der Waals surface area contributed by atoms with Crippen LogP contribution in [0.1, 0.15) is 12.5 Å². The third-order valence-electron chi connectivity index (χ3n) is 3.87. The maximum atomic E-state index is 12.7. The normalized spacial score (nSPS) is 11.7. The minimum atomic E-state index is -0.267. The lowest BCUT2D eigenvalue weighted by atomic mass is 10.2. The molecule has 0 saturated carbocycles. The molecule has 1 N–H and O–H groups in total. The molecule has 3 aromatic carbocycles. The number of carbonyl (C=O) groups excluding carboxylic acids is 1. The summed E-state index contributed by atoms with van der Waals surface area (Å²) in [6.07, 6.45) is 0. The molecule has 0 spiro atoms. The molecule has 0 unspecified atom stereocenters. The summed E-state index contributed by atoms with van der Waals surface area (Å²) in [5, 5.41) is 3.20. The van der Waals surface area contributed by atoms with E-state index < -0.39 is 0 Å². The molecule has 0 bridgehead atoms. The Morgan fingerprint density at radius 3 is 2.44 bits per heavy atom. The van der Waals surface area contributed by atoms with Gasteiger partial charge in [0.25, 0.3) is 0 Å². The summed E-state index contributed by atoms with van der Waals surface area (Å²) in [6, 6.07) is 22.7. The predicted octanol–water partition coefficient (Wildman–Crippen LogP) is 6.56. The van der Waals surface area contributed by atoms with Crippen LogP contribution in [0.2, 0.25) is 5.02 Å². The number of anilines is 1. The molecule has 1 amide bonds. The first kappa shape index (κ1) is 19.3. The SMILES string of the molecule is Cc1ccc(S[C@H](C)C(=O)Nc2cc(Cl)ccc2Oc2ccccc2)cc1. The molecule has 3 aromatic rings. The van der Waals surface area contributed by atoms with Crippen LogP contribution in [0.4, 0.5) is 5.69 Å². The van der Waals surface area contributed by atoms with Crippen molar-refractivity contribution in [3.63, 3.8) is 0 Å². The van der Waals surface area contributed by atoms with E-state index in [1.807, 2.05) is 68.4 Å². The molecule has 0 aromatic heterocycles. The number of para-hydroxylation sites is 1. The Bertz CT molecular complexity index is 913. The zero-order valence-electron chi connectivity index (χ0n) is 15.1. The standard InChI is InChI=1S/C22H20ClNO2S/c1-15-8-11-19(12-9-15)27-16(2)22(25)24-20-14-17(23)10-13-21(20)26-18-6-4-3-5-7-18/h3-14,16H,1-2H3,(H,24,25)/t16-/m1/s1. The van der Waals surface area contributed by atoms with Crippen LogP contribution < -0.4 is 10.1 Å². The molecular weight excluding hydrogens is 378 g/mol. The van der Waals surface area contributed by atoms with E-state index in [2.05, 4.69) is 5.32 Å². The van der Waals surface area contributed by atoms with Crippen molar-refractivity contribution in [3.05, 3.63) is 83.4 Å². The Morgan fingerprint density at radius 2 is 1.74 bits per heavy atom. The number of hydrogen-bond donors (Lipinski definition) is 1. The molecule has 0 radical (unpaired) electrons. The summed E-state index contributed by atoms with van der Waals surface area (Å²) in [5.41, 5.74) is 1.74. The van der Waals surface area contributed by atoms with Crippen LogP contribution in [0.15, 0.2) is 77.7 Å². The zero-order chi connectivity index (χ0) is 19.2. The van der Waals surface area contributed by atoms with Crippen molar-refractivity contribution in [3.8, 4) is 11.5 Å². The maximum Gasteiger partial charge on any atom is 0.237 e. The van der Waals surface area contributed by atoms with Gasteiger partial charge < -0.3 is 10.1 Å². The number of rotatable bonds is 6. The lowest BCUT2D eigenvalue weighted by molar-refractivity contribution is -0.115. The maximum absolute atomic E-state index is 12.7. The number of benzene rings is 3. The fourth-order valence-corrected chi connectivity index (χ4v) is 3.45. The zero-order valence-corrected chi connectivity index (χ0v) is 16.7. The first-order valence-electron chi connectivity index (χ1n) is 8.58. The van der Waals surface area contributed by atoms with E-state index in [0.717, 1.165) is 4.90 Å². The quantitative estimate of drug-likeness (QED) is 0.478. The monoisotopic (exact) mass is 397 g/mol. The second kappa shape index (κ2) is 8.98. The molecule has 0 heterocycles. The molecule has 0 saturated heterocycles. The summed E-state index contributed by atoms with van der Waals surface area (Å²) in [4.78, 5) is 13.7. The minimum Gasteiger partial charge on any atom is -0.455 e. The Kier molecular flexibility index (Phi) is 6.43. The molecule has 0 aliphatic rings. The lowest BCUT2D eigenvalue weighted by Crippen LogP contribution is -2.22. The highest BCUT2D eigenvalue weighted by Gasteiger charge is 2.17. The first-order chi connectivity index (χ1) is 13.0. The second-order valence-corrected chi connectivity index (χ2v) is 7.97. The van der Waals surface area contributed by atoms with Gasteiger partial charge in [0.1, 0.15) is 5.75 Å². The van der Waals surface area contributed by atoms with E-state index in [9.17, 15) is 4.79 Å². The van der Waals surface area contributed by atoms with Crippen molar-refractivity contribution in [1.82, 2.24) is 0 Å². The van der Waals surface area contributed by atoms with Crippen LogP contribution in [0, 0.1) is 6.92 Å². The first-order valence-corrected chi connectivity index (χ1v) is 9.83. The third kappa shape index (κ3) is 5.52. The molecule has 3 rings (SSSR count). The summed E-state index contributed by atoms with van der Waals surface area (Å²) >= 11 is 7.62. The molecule has 1 atom stereocenters. The van der Waals surface area contributed by atoms with Gasteiger partial charge in [-0.15, -0.1) is 11.8 Å². The molecule has 0 fully saturated rings. The van der Waals surface area contributed by atoms with Crippen molar-refractivity contribution in [2.24, 2.45) is 0 Å². The summed E-state index contributed by atoms with van der Waals surface area (Å²) in [6.45, 7) is 3.92. The Balaban J connectivity index is 1.72. The van der Waals surface area contributed by atoms with Crippen LogP contribution in [0.25, 0.3) is 0 Å². The van der Waals surface area contributed by atoms with E-state index in [-0.39, 0.29) is 11.2 Å². The van der Waals surface area contributed by atoms with Gasteiger partial charge in [0.05, 0.1) is 10.9 Å². The van der Waals surface area contributed by atoms with E-state index in [4.69, 9.17) is 16.3 Å². The van der Waals surface area contributed by atoms with Gasteiger partial charge in [-0.3, -0.25) is 4.79 Å². The average Bonchev–Trinajstić information content (AvgIpc) is 2.66. The molecule has 0 aliphatic heterocycles. The lowest BCUT2D eigenvalue weighted by Gasteiger charge is -2.16. The summed E-state index contributed by atoms with van der Waals surface area (Å²) in [7, 11) is 0. The number of halogens is 1. The van der Waals surface area contributed by atoms with Crippen molar-refractivity contribution in [2.75, 3.05) is 5.32 Å². The number of thioether (sulfide) groups is 1. The van der Waals surface area contributed by atoms with Gasteiger partial charge in [-0.05, 0) is 56.3 Å². The molecule has 27 heavy (non-hydrogen) atoms. The molecule has 138 valence electrons. The second-order valence-electron chi connectivity index (χ2n) is 6.12. The van der Waals surface area contributed by atoms with E-state index >= 15 is 0 Å². The van der Waals surface area contributed by atoms with E-state index in [1.165, 1.54) is 17.3 Å². The van der Waals surface area contributed by atoms with Crippen LogP contribution in [-0.2, 0) is 4.79 Å². The number of nitrogens with one attached hydrogen (secondary N) is 1. The highest BCUT2D eigenvalue weighted by atomic mass is 35.5. The molecular formula is C22H20ClNO2S. The fraction of sp³-hybridized carbons (Fsp3) is 0.136. The number of carbonyl (C=O) groups is 1. The van der Waals surface area contributed by atoms with Crippen molar-refractivity contribution >= 4 is 35.0 Å². The largest absolute Gasteiger partial charge is 0.455 e. The molecule has 3 nitrogen and oxygen atoms in total. The van der Waals surface area contributed by atoms with Crippen LogP contribution in [-0.4, -0.2) is 11.2 Å². The Labute approximate surface area is 168 Å². The molecule has 0 aliphatic carbocycles. The van der Waals surface area contributed by atoms with Gasteiger partial charge in [0.2, 0.25) is 5.91 Å². The van der Waals surface area contributed by atoms with Crippen molar-refractivity contribution in [1.29, 1.82) is 0 Å². The van der Waals surface area contributed by atoms with Crippen LogP contribution >= 0.6 is 23.4 Å². The van der Waals surface area contributed by atoms with Gasteiger partial charge in [-0.2, -0.15) is 0 Å². The fourth-order valence-electron chi connectivity index (χ4n) is 2.41. The van der Waals surface area contributed by atoms with E-state index in [0.29, 0.717) is 22.2 Å². The van der Waals surface area contributed by atoms with Gasteiger partial charge in [-0.1, -0.05) is 47.5 Å². The van der Waals surface area contributed by atoms with Crippen LogP contribution in [0.5, 0.6) is 11.5 Å². The third-order valence-corrected chi connectivity index (χ3v) is 5.22. The summed E-state index contributed by atoms with van der Waals surface area (Å²) in [5.74, 6) is 1.13. The summed E-state index contributed by atoms with van der Waals surface area (Å²) < 4.78 is 5.90. The Hall–Kier alpha value is -2.43. The number of amides is 1. The predicted molar refractivity (Wildman–Crippen MR) is 113 cm³/mol. The van der Waals surface area contributed by atoms with E-state index in [1.54, 1.807) is 18.2 Å². The highest BCUT2D eigenvalue weighted by Crippen LogP contribution is 2.33. The topological polar surface area (TPSA) is 38.3 Å². The number of ether oxygens (including phenoxy) is 1. The average molecular weight is 398 g/mol. The number of aryl methyl sites for hydroxylation is 1.